The van der Waals surface area contributed by atoms with Gasteiger partial charge in [0.1, 0.15) is 18.4 Å². The van der Waals surface area contributed by atoms with E-state index in [9.17, 15) is 18.7 Å². The summed E-state index contributed by atoms with van der Waals surface area (Å²) in [7, 11) is 0. The molecule has 0 aliphatic carbocycles. The van der Waals surface area contributed by atoms with Crippen molar-refractivity contribution in [3.63, 3.8) is 0 Å². The van der Waals surface area contributed by atoms with Crippen LogP contribution in [0.5, 0.6) is 5.75 Å². The van der Waals surface area contributed by atoms with Gasteiger partial charge in [0.05, 0.1) is 0 Å². The van der Waals surface area contributed by atoms with Crippen LogP contribution in [0.15, 0.2) is 66.7 Å². The van der Waals surface area contributed by atoms with E-state index in [2.05, 4.69) is 17.0 Å². The highest BCUT2D eigenvalue weighted by Gasteiger charge is 2.30. The number of nitrogens with zero attached hydrogens (tertiary/aromatic N) is 3. The minimum atomic E-state index is -2.64. The topological polar surface area (TPSA) is 96.4 Å². The lowest BCUT2D eigenvalue weighted by atomic mass is 10.1. The number of anilines is 1. The molecule has 1 aliphatic rings. The van der Waals surface area contributed by atoms with Crippen LogP contribution in [0, 0.1) is 0 Å². The van der Waals surface area contributed by atoms with Crippen LogP contribution in [0.4, 0.5) is 5.69 Å². The van der Waals surface area contributed by atoms with Gasteiger partial charge in [-0.1, -0.05) is 42.5 Å². The lowest BCUT2D eigenvalue weighted by Crippen LogP contribution is -2.58. The van der Waals surface area contributed by atoms with Crippen molar-refractivity contribution in [2.24, 2.45) is 0 Å². The highest BCUT2D eigenvalue weighted by Crippen LogP contribution is 2.23. The Balaban J connectivity index is 1.33. The van der Waals surface area contributed by atoms with E-state index in [1.54, 1.807) is 5.01 Å². The summed E-state index contributed by atoms with van der Waals surface area (Å²) >= 11 is -2.64. The molecule has 1 heterocycles. The quantitative estimate of drug-likeness (QED) is 0.508. The van der Waals surface area contributed by atoms with E-state index in [0.717, 1.165) is 26.8 Å². The molecule has 0 bridgehead atoms. The zero-order valence-electron chi connectivity index (χ0n) is 18.3. The van der Waals surface area contributed by atoms with Crippen LogP contribution in [-0.4, -0.2) is 61.5 Å². The first-order chi connectivity index (χ1) is 15.9. The number of rotatable bonds is 8. The maximum Gasteiger partial charge on any atom is 0.323 e. The molecule has 9 heteroatoms. The normalized spacial score (nSPS) is 16.6. The van der Waals surface area contributed by atoms with Crippen molar-refractivity contribution in [3.8, 4) is 5.75 Å². The van der Waals surface area contributed by atoms with E-state index in [1.165, 1.54) is 12.3 Å². The van der Waals surface area contributed by atoms with Crippen molar-refractivity contribution in [2.45, 2.75) is 19.6 Å². The summed E-state index contributed by atoms with van der Waals surface area (Å²) in [5, 5.41) is 13.1. The number of benzene rings is 3. The lowest BCUT2D eigenvalue weighted by molar-refractivity contribution is -0.145. The number of aliphatic carboxylic acids is 1. The van der Waals surface area contributed by atoms with E-state index in [-0.39, 0.29) is 0 Å². The number of hydrazine groups is 1. The van der Waals surface area contributed by atoms with Crippen LogP contribution in [0.2, 0.25) is 0 Å². The lowest BCUT2D eigenvalue weighted by Gasteiger charge is -2.43. The average Bonchev–Trinajstić information content (AvgIpc) is 2.83. The number of piperazine rings is 1. The highest BCUT2D eigenvalue weighted by atomic mass is 32.2. The number of hydrogen-bond acceptors (Lipinski definition) is 6. The standard InChI is InChI=1S/C24H27N3O5S/c1-18(24(28)29)27(33(30)31)26-14-12-25(13-15-26)22-9-6-19(7-10-22)17-32-23-11-8-20-4-2-3-5-21(20)16-23/h2-11,16,18H,12-15,17H2,1H3,(H,28,29)(H,30,31)/p-1. The summed E-state index contributed by atoms with van der Waals surface area (Å²) < 4.78 is 30.0. The molecule has 1 saturated heterocycles. The molecular weight excluding hydrogens is 442 g/mol. The number of ether oxygens (including phenoxy) is 1. The van der Waals surface area contributed by atoms with Crippen LogP contribution < -0.4 is 9.64 Å². The zero-order chi connectivity index (χ0) is 23.4. The SMILES string of the molecule is CC(C(=O)O)N(N1CCN(c2ccc(COc3ccc4ccccc4c3)cc2)CC1)S(=O)[O-]. The molecule has 174 valence electrons. The maximum absolute atomic E-state index is 11.6. The molecule has 1 aliphatic heterocycles. The summed E-state index contributed by atoms with van der Waals surface area (Å²) in [5.74, 6) is -0.354. The number of carboxylic acid groups (broad SMARTS) is 1. The van der Waals surface area contributed by atoms with Gasteiger partial charge in [-0.05, 0) is 47.5 Å². The predicted octanol–water partition coefficient (Wildman–Crippen LogP) is 3.03. The van der Waals surface area contributed by atoms with E-state index < -0.39 is 23.3 Å². The Kier molecular flexibility index (Phi) is 7.24. The third-order valence-electron chi connectivity index (χ3n) is 5.80. The van der Waals surface area contributed by atoms with E-state index in [1.807, 2.05) is 54.6 Å². The van der Waals surface area contributed by atoms with Crippen LogP contribution in [0.1, 0.15) is 12.5 Å². The second-order valence-electron chi connectivity index (χ2n) is 7.94. The van der Waals surface area contributed by atoms with Crippen molar-refractivity contribution in [1.29, 1.82) is 0 Å². The van der Waals surface area contributed by atoms with E-state index >= 15 is 0 Å². The number of carboxylic acids is 1. The van der Waals surface area contributed by atoms with Crippen molar-refractivity contribution in [2.75, 3.05) is 31.1 Å². The van der Waals surface area contributed by atoms with Crippen molar-refractivity contribution >= 4 is 33.7 Å². The second kappa shape index (κ2) is 10.3. The molecule has 2 unspecified atom stereocenters. The first-order valence-corrected chi connectivity index (χ1v) is 11.8. The minimum Gasteiger partial charge on any atom is -0.759 e. The predicted molar refractivity (Wildman–Crippen MR) is 126 cm³/mol. The maximum atomic E-state index is 11.6. The average molecular weight is 469 g/mol. The molecule has 0 radical (unpaired) electrons. The van der Waals surface area contributed by atoms with Crippen LogP contribution in [0.3, 0.4) is 0 Å². The molecule has 1 fully saturated rings. The fraction of sp³-hybridized carbons (Fsp3) is 0.292. The molecule has 0 amide bonds. The Labute approximate surface area is 195 Å². The summed E-state index contributed by atoms with van der Waals surface area (Å²) in [6, 6.07) is 21.2. The molecule has 0 saturated carbocycles. The third-order valence-corrected chi connectivity index (χ3v) is 6.66. The Hall–Kier alpha value is -2.98. The summed E-state index contributed by atoms with van der Waals surface area (Å²) in [4.78, 5) is 13.4. The molecule has 0 spiro atoms. The van der Waals surface area contributed by atoms with E-state index in [4.69, 9.17) is 4.74 Å². The van der Waals surface area contributed by atoms with Crippen LogP contribution >= 0.6 is 0 Å². The van der Waals surface area contributed by atoms with Gasteiger partial charge in [0.15, 0.2) is 0 Å². The highest BCUT2D eigenvalue weighted by molar-refractivity contribution is 7.76. The Morgan fingerprint density at radius 2 is 1.73 bits per heavy atom. The fourth-order valence-corrected chi connectivity index (χ4v) is 4.64. The second-order valence-corrected chi connectivity index (χ2v) is 8.75. The van der Waals surface area contributed by atoms with Crippen molar-refractivity contribution in [3.05, 3.63) is 72.3 Å². The van der Waals surface area contributed by atoms with Gasteiger partial charge in [0.25, 0.3) is 0 Å². The Morgan fingerprint density at radius 1 is 1.06 bits per heavy atom. The van der Waals surface area contributed by atoms with Gasteiger partial charge in [-0.15, -0.1) is 0 Å². The number of fused-ring (bicyclic) bond motifs is 1. The summed E-state index contributed by atoms with van der Waals surface area (Å²) in [5.41, 5.74) is 2.08. The summed E-state index contributed by atoms with van der Waals surface area (Å²) in [6.07, 6.45) is 0. The molecule has 4 rings (SSSR count). The first kappa shape index (κ1) is 23.2. The Bertz CT molecular complexity index is 1130. The fourth-order valence-electron chi connectivity index (χ4n) is 3.94. The zero-order valence-corrected chi connectivity index (χ0v) is 19.1. The van der Waals surface area contributed by atoms with Gasteiger partial charge in [0.2, 0.25) is 0 Å². The number of hydrogen-bond donors (Lipinski definition) is 1. The summed E-state index contributed by atoms with van der Waals surface area (Å²) in [6.45, 7) is 3.84. The Morgan fingerprint density at radius 3 is 2.36 bits per heavy atom. The largest absolute Gasteiger partial charge is 0.759 e. The number of carbonyl (C=O) groups is 1. The molecule has 8 nitrogen and oxygen atoms in total. The van der Waals surface area contributed by atoms with Crippen molar-refractivity contribution < 1.29 is 23.4 Å². The third kappa shape index (κ3) is 5.51. The van der Waals surface area contributed by atoms with Gasteiger partial charge in [0, 0.05) is 43.1 Å². The molecule has 3 aromatic carbocycles. The minimum absolute atomic E-state index is 0.415. The van der Waals surface area contributed by atoms with Crippen LogP contribution in [-0.2, 0) is 22.7 Å². The van der Waals surface area contributed by atoms with Gasteiger partial charge in [-0.2, -0.15) is 4.41 Å². The molecule has 3 aromatic rings. The first-order valence-electron chi connectivity index (χ1n) is 10.7. The van der Waals surface area contributed by atoms with E-state index in [0.29, 0.717) is 32.8 Å². The molecule has 2 atom stereocenters. The van der Waals surface area contributed by atoms with Gasteiger partial charge in [-0.3, -0.25) is 9.00 Å². The smallest absolute Gasteiger partial charge is 0.323 e. The molecule has 0 aromatic heterocycles. The van der Waals surface area contributed by atoms with Crippen molar-refractivity contribution in [1.82, 2.24) is 9.42 Å². The van der Waals surface area contributed by atoms with Gasteiger partial charge >= 0.3 is 5.97 Å². The molecular formula is C24H26N3O5S-. The van der Waals surface area contributed by atoms with Crippen LogP contribution in [0.25, 0.3) is 10.8 Å². The van der Waals surface area contributed by atoms with Gasteiger partial charge in [-0.25, -0.2) is 5.01 Å². The molecule has 33 heavy (non-hydrogen) atoms. The van der Waals surface area contributed by atoms with Gasteiger partial charge < -0.3 is 19.3 Å². The molecule has 1 N–H and O–H groups in total. The monoisotopic (exact) mass is 468 g/mol.